The highest BCUT2D eigenvalue weighted by Gasteiger charge is 2.21. The molecular formula is C20H24N4O2. The number of hydrogen-bond acceptors (Lipinski definition) is 4. The van der Waals surface area contributed by atoms with Crippen LogP contribution in [0.15, 0.2) is 48.8 Å². The van der Waals surface area contributed by atoms with Crippen molar-refractivity contribution in [1.82, 2.24) is 19.6 Å². The van der Waals surface area contributed by atoms with Gasteiger partial charge in [-0.3, -0.25) is 9.69 Å². The molecular weight excluding hydrogens is 328 g/mol. The summed E-state index contributed by atoms with van der Waals surface area (Å²) >= 11 is 0. The molecule has 0 bridgehead atoms. The third kappa shape index (κ3) is 3.86. The van der Waals surface area contributed by atoms with E-state index in [1.807, 2.05) is 46.1 Å². The molecule has 6 heteroatoms. The van der Waals surface area contributed by atoms with Crippen molar-refractivity contribution >= 4 is 11.5 Å². The maximum Gasteiger partial charge on any atom is 0.236 e. The highest BCUT2D eigenvalue weighted by Crippen LogP contribution is 2.23. The number of carbonyl (C=O) groups excluding carboxylic acids is 1. The molecule has 4 rings (SSSR count). The molecule has 0 N–H and O–H groups in total. The highest BCUT2D eigenvalue weighted by atomic mass is 16.5. The molecule has 0 atom stereocenters. The molecule has 1 saturated heterocycles. The molecule has 2 aliphatic heterocycles. The molecule has 136 valence electrons. The van der Waals surface area contributed by atoms with Crippen molar-refractivity contribution in [3.8, 4) is 5.69 Å². The second-order valence-electron chi connectivity index (χ2n) is 6.72. The summed E-state index contributed by atoms with van der Waals surface area (Å²) in [6.45, 7) is 4.94. The lowest BCUT2D eigenvalue weighted by molar-refractivity contribution is -0.136. The number of amides is 1. The van der Waals surface area contributed by atoms with Crippen LogP contribution in [-0.4, -0.2) is 71.4 Å². The number of hydrogen-bond donors (Lipinski definition) is 0. The molecule has 1 fully saturated rings. The van der Waals surface area contributed by atoms with Crippen LogP contribution in [-0.2, 0) is 9.53 Å². The zero-order chi connectivity index (χ0) is 17.8. The minimum atomic E-state index is 0.210. The van der Waals surface area contributed by atoms with E-state index in [-0.39, 0.29) is 5.91 Å². The van der Waals surface area contributed by atoms with E-state index in [2.05, 4.69) is 22.3 Å². The van der Waals surface area contributed by atoms with Gasteiger partial charge in [0.2, 0.25) is 5.91 Å². The normalized spacial score (nSPS) is 18.6. The maximum atomic E-state index is 12.4. The van der Waals surface area contributed by atoms with Crippen molar-refractivity contribution in [1.29, 1.82) is 0 Å². The van der Waals surface area contributed by atoms with Crippen LogP contribution in [0.1, 0.15) is 12.0 Å². The quantitative estimate of drug-likeness (QED) is 0.842. The number of ether oxygens (including phenoxy) is 1. The number of nitrogens with zero attached hydrogens (tertiary/aromatic N) is 4. The molecule has 0 aliphatic carbocycles. The Bertz CT molecular complexity index is 778. The fourth-order valence-corrected chi connectivity index (χ4v) is 3.43. The van der Waals surface area contributed by atoms with Gasteiger partial charge < -0.3 is 9.64 Å². The molecule has 1 aromatic heterocycles. The van der Waals surface area contributed by atoms with E-state index in [0.717, 1.165) is 30.8 Å². The van der Waals surface area contributed by atoms with Crippen LogP contribution in [0, 0.1) is 0 Å². The highest BCUT2D eigenvalue weighted by molar-refractivity contribution is 5.78. The first-order chi connectivity index (χ1) is 12.8. The van der Waals surface area contributed by atoms with Crippen LogP contribution >= 0.6 is 0 Å². The molecule has 0 unspecified atom stereocenters. The topological polar surface area (TPSA) is 50.6 Å². The van der Waals surface area contributed by atoms with Gasteiger partial charge in [0, 0.05) is 37.9 Å². The van der Waals surface area contributed by atoms with Crippen molar-refractivity contribution in [2.24, 2.45) is 0 Å². The number of benzene rings is 1. The maximum absolute atomic E-state index is 12.4. The first kappa shape index (κ1) is 17.0. The second-order valence-corrected chi connectivity index (χ2v) is 6.72. The van der Waals surface area contributed by atoms with E-state index in [1.165, 1.54) is 5.57 Å². The van der Waals surface area contributed by atoms with Crippen LogP contribution in [0.4, 0.5) is 0 Å². The summed E-state index contributed by atoms with van der Waals surface area (Å²) in [5.41, 5.74) is 3.53. The average Bonchev–Trinajstić information content (AvgIpc) is 3.20. The Kier molecular flexibility index (Phi) is 5.13. The summed E-state index contributed by atoms with van der Waals surface area (Å²) in [6.07, 6.45) is 7.17. The van der Waals surface area contributed by atoms with Crippen LogP contribution in [0.25, 0.3) is 11.3 Å². The minimum absolute atomic E-state index is 0.210. The van der Waals surface area contributed by atoms with Crippen LogP contribution in [0.5, 0.6) is 0 Å². The zero-order valence-corrected chi connectivity index (χ0v) is 14.9. The van der Waals surface area contributed by atoms with Gasteiger partial charge in [-0.25, -0.2) is 4.68 Å². The van der Waals surface area contributed by atoms with Crippen LogP contribution < -0.4 is 0 Å². The smallest absolute Gasteiger partial charge is 0.236 e. The molecule has 0 radical (unpaired) electrons. The third-order valence-corrected chi connectivity index (χ3v) is 4.99. The second kappa shape index (κ2) is 7.85. The Labute approximate surface area is 153 Å². The Hall–Kier alpha value is -2.44. The van der Waals surface area contributed by atoms with Crippen molar-refractivity contribution in [3.63, 3.8) is 0 Å². The molecule has 26 heavy (non-hydrogen) atoms. The van der Waals surface area contributed by atoms with Gasteiger partial charge in [0.05, 0.1) is 31.6 Å². The number of rotatable bonds is 4. The van der Waals surface area contributed by atoms with Gasteiger partial charge in [0.25, 0.3) is 0 Å². The number of aromatic nitrogens is 2. The van der Waals surface area contributed by atoms with Crippen molar-refractivity contribution in [3.05, 3.63) is 54.4 Å². The summed E-state index contributed by atoms with van der Waals surface area (Å²) in [4.78, 5) is 16.5. The molecule has 3 heterocycles. The SMILES string of the molecule is O=C(CN1CC=C(c2cnn(-c3ccccc3)c2)CC1)N1CCOCC1. The molecule has 1 aromatic carbocycles. The molecule has 0 saturated carbocycles. The van der Waals surface area contributed by atoms with Crippen molar-refractivity contribution < 1.29 is 9.53 Å². The Morgan fingerprint density at radius 2 is 1.92 bits per heavy atom. The summed E-state index contributed by atoms with van der Waals surface area (Å²) < 4.78 is 7.22. The summed E-state index contributed by atoms with van der Waals surface area (Å²) in [5.74, 6) is 0.210. The molecule has 2 aliphatic rings. The Morgan fingerprint density at radius 1 is 1.12 bits per heavy atom. The number of carbonyl (C=O) groups is 1. The Balaban J connectivity index is 1.36. The minimum Gasteiger partial charge on any atom is -0.378 e. The van der Waals surface area contributed by atoms with E-state index < -0.39 is 0 Å². The lowest BCUT2D eigenvalue weighted by Gasteiger charge is -2.31. The molecule has 1 amide bonds. The molecule has 0 spiro atoms. The fraction of sp³-hybridized carbons (Fsp3) is 0.400. The van der Waals surface area contributed by atoms with Gasteiger partial charge in [-0.2, -0.15) is 5.10 Å². The molecule has 6 nitrogen and oxygen atoms in total. The van der Waals surface area contributed by atoms with E-state index >= 15 is 0 Å². The van der Waals surface area contributed by atoms with E-state index in [4.69, 9.17) is 4.74 Å². The number of morpholine rings is 1. The lowest BCUT2D eigenvalue weighted by atomic mass is 10.0. The zero-order valence-electron chi connectivity index (χ0n) is 14.9. The fourth-order valence-electron chi connectivity index (χ4n) is 3.43. The largest absolute Gasteiger partial charge is 0.378 e. The van der Waals surface area contributed by atoms with Gasteiger partial charge in [-0.1, -0.05) is 24.3 Å². The molecule has 2 aromatic rings. The Morgan fingerprint density at radius 3 is 2.65 bits per heavy atom. The monoisotopic (exact) mass is 352 g/mol. The standard InChI is InChI=1S/C20H24N4O2/c25-20(23-10-12-26-13-11-23)16-22-8-6-17(7-9-22)18-14-21-24(15-18)19-4-2-1-3-5-19/h1-6,14-15H,7-13,16H2. The lowest BCUT2D eigenvalue weighted by Crippen LogP contribution is -2.46. The van der Waals surface area contributed by atoms with Gasteiger partial charge in [0.15, 0.2) is 0 Å². The summed E-state index contributed by atoms with van der Waals surface area (Å²) in [6, 6.07) is 10.1. The van der Waals surface area contributed by atoms with E-state index in [1.54, 1.807) is 0 Å². The van der Waals surface area contributed by atoms with Crippen LogP contribution in [0.2, 0.25) is 0 Å². The third-order valence-electron chi connectivity index (χ3n) is 4.99. The van der Waals surface area contributed by atoms with Gasteiger partial charge in [-0.05, 0) is 24.1 Å². The first-order valence-electron chi connectivity index (χ1n) is 9.17. The number of para-hydroxylation sites is 1. The summed E-state index contributed by atoms with van der Waals surface area (Å²) in [7, 11) is 0. The van der Waals surface area contributed by atoms with Crippen LogP contribution in [0.3, 0.4) is 0 Å². The van der Waals surface area contributed by atoms with E-state index in [9.17, 15) is 4.79 Å². The predicted octanol–water partition coefficient (Wildman–Crippen LogP) is 1.82. The summed E-state index contributed by atoms with van der Waals surface area (Å²) in [5, 5.41) is 4.48. The van der Waals surface area contributed by atoms with Gasteiger partial charge >= 0.3 is 0 Å². The van der Waals surface area contributed by atoms with Crippen molar-refractivity contribution in [2.45, 2.75) is 6.42 Å². The predicted molar refractivity (Wildman–Crippen MR) is 100.0 cm³/mol. The van der Waals surface area contributed by atoms with E-state index in [0.29, 0.717) is 32.8 Å². The van der Waals surface area contributed by atoms with Gasteiger partial charge in [0.1, 0.15) is 0 Å². The first-order valence-corrected chi connectivity index (χ1v) is 9.17. The van der Waals surface area contributed by atoms with Gasteiger partial charge in [-0.15, -0.1) is 0 Å². The average molecular weight is 352 g/mol. The van der Waals surface area contributed by atoms with Crippen molar-refractivity contribution in [2.75, 3.05) is 45.9 Å².